The molecule has 140 valence electrons. The van der Waals surface area contributed by atoms with E-state index in [0.29, 0.717) is 29.3 Å². The monoisotopic (exact) mass is 384 g/mol. The van der Waals surface area contributed by atoms with Gasteiger partial charge in [0.1, 0.15) is 0 Å². The highest BCUT2D eigenvalue weighted by atomic mass is 35.5. The fourth-order valence-corrected chi connectivity index (χ4v) is 3.05. The fraction of sp³-hybridized carbons (Fsp3) is 0.238. The second-order valence-corrected chi connectivity index (χ2v) is 6.88. The molecule has 6 heteroatoms. The van der Waals surface area contributed by atoms with Gasteiger partial charge in [0.05, 0.1) is 13.2 Å². The molecule has 1 aromatic heterocycles. The molecule has 0 aliphatic carbocycles. The lowest BCUT2D eigenvalue weighted by Gasteiger charge is -2.22. The third-order valence-electron chi connectivity index (χ3n) is 4.38. The van der Waals surface area contributed by atoms with E-state index in [4.69, 9.17) is 16.3 Å². The number of carbonyl (C=O) groups is 1. The van der Waals surface area contributed by atoms with E-state index in [2.05, 4.69) is 4.98 Å². The summed E-state index contributed by atoms with van der Waals surface area (Å²) >= 11 is 5.91. The molecule has 1 amide bonds. The van der Waals surface area contributed by atoms with Crippen LogP contribution in [0.15, 0.2) is 53.3 Å². The Labute approximate surface area is 162 Å². The van der Waals surface area contributed by atoms with E-state index in [1.54, 1.807) is 36.3 Å². The first kappa shape index (κ1) is 19.1. The largest absolute Gasteiger partial charge is 0.383 e. The van der Waals surface area contributed by atoms with Crippen LogP contribution in [0.3, 0.4) is 0 Å². The summed E-state index contributed by atoms with van der Waals surface area (Å²) in [5, 5.41) is 1.51. The van der Waals surface area contributed by atoms with Crippen LogP contribution in [0, 0.1) is 6.92 Å². The Kier molecular flexibility index (Phi) is 5.94. The molecule has 0 unspecified atom stereocenters. The molecule has 0 saturated carbocycles. The highest BCUT2D eigenvalue weighted by molar-refractivity contribution is 6.30. The zero-order chi connectivity index (χ0) is 19.4. The van der Waals surface area contributed by atoms with Crippen LogP contribution in [0.5, 0.6) is 0 Å². The van der Waals surface area contributed by atoms with Gasteiger partial charge in [0.2, 0.25) is 0 Å². The van der Waals surface area contributed by atoms with Gasteiger partial charge in [-0.3, -0.25) is 9.59 Å². The van der Waals surface area contributed by atoms with E-state index in [-0.39, 0.29) is 18.0 Å². The van der Waals surface area contributed by atoms with Gasteiger partial charge in [0.15, 0.2) is 0 Å². The second kappa shape index (κ2) is 8.37. The van der Waals surface area contributed by atoms with Crippen molar-refractivity contribution in [2.45, 2.75) is 13.5 Å². The number of aromatic amines is 1. The molecule has 0 saturated heterocycles. The summed E-state index contributed by atoms with van der Waals surface area (Å²) in [5.41, 5.74) is 2.74. The van der Waals surface area contributed by atoms with Crippen LogP contribution in [0.1, 0.15) is 21.5 Å². The predicted octanol–water partition coefficient (Wildman–Crippen LogP) is 3.78. The van der Waals surface area contributed by atoms with Gasteiger partial charge in [-0.25, -0.2) is 0 Å². The van der Waals surface area contributed by atoms with Crippen molar-refractivity contribution in [1.29, 1.82) is 0 Å². The predicted molar refractivity (Wildman–Crippen MR) is 107 cm³/mol. The summed E-state index contributed by atoms with van der Waals surface area (Å²) in [5.74, 6) is -0.174. The molecule has 27 heavy (non-hydrogen) atoms. The van der Waals surface area contributed by atoms with Gasteiger partial charge in [-0.05, 0) is 54.8 Å². The standard InChI is InChI=1S/C21H21ClN2O3/c1-14-3-8-19-16(11-14)12-17(20(25)23-19)13-24(9-10-27-2)21(26)15-4-6-18(22)7-5-15/h3-8,11-12H,9-10,13H2,1-2H3,(H,23,25). The van der Waals surface area contributed by atoms with Crippen molar-refractivity contribution in [2.75, 3.05) is 20.3 Å². The first-order valence-corrected chi connectivity index (χ1v) is 9.02. The molecular weight excluding hydrogens is 364 g/mol. The number of halogens is 1. The Morgan fingerprint density at radius 2 is 1.89 bits per heavy atom. The number of nitrogens with one attached hydrogen (secondary N) is 1. The van der Waals surface area contributed by atoms with Gasteiger partial charge in [-0.15, -0.1) is 0 Å². The van der Waals surface area contributed by atoms with Crippen molar-refractivity contribution in [2.24, 2.45) is 0 Å². The highest BCUT2D eigenvalue weighted by Gasteiger charge is 2.18. The third kappa shape index (κ3) is 4.56. The highest BCUT2D eigenvalue weighted by Crippen LogP contribution is 2.16. The lowest BCUT2D eigenvalue weighted by atomic mass is 10.1. The van der Waals surface area contributed by atoms with Gasteiger partial charge in [-0.1, -0.05) is 23.2 Å². The van der Waals surface area contributed by atoms with E-state index < -0.39 is 0 Å². The molecular formula is C21H21ClN2O3. The number of hydrogen-bond acceptors (Lipinski definition) is 3. The first-order valence-electron chi connectivity index (χ1n) is 8.64. The smallest absolute Gasteiger partial charge is 0.254 e. The quantitative estimate of drug-likeness (QED) is 0.703. The minimum Gasteiger partial charge on any atom is -0.383 e. The number of aryl methyl sites for hydroxylation is 1. The number of fused-ring (bicyclic) bond motifs is 1. The maximum absolute atomic E-state index is 12.9. The van der Waals surface area contributed by atoms with Crippen molar-refractivity contribution in [3.05, 3.63) is 80.6 Å². The number of aromatic nitrogens is 1. The Morgan fingerprint density at radius 1 is 1.15 bits per heavy atom. The average molecular weight is 385 g/mol. The van der Waals surface area contributed by atoms with Gasteiger partial charge in [0, 0.05) is 35.3 Å². The number of ether oxygens (including phenoxy) is 1. The zero-order valence-corrected chi connectivity index (χ0v) is 16.0. The molecule has 0 aliphatic heterocycles. The Hall–Kier alpha value is -2.63. The molecule has 0 bridgehead atoms. The summed E-state index contributed by atoms with van der Waals surface area (Å²) in [7, 11) is 1.58. The Morgan fingerprint density at radius 3 is 2.59 bits per heavy atom. The van der Waals surface area contributed by atoms with Crippen molar-refractivity contribution in [3.63, 3.8) is 0 Å². The average Bonchev–Trinajstić information content (AvgIpc) is 2.66. The van der Waals surface area contributed by atoms with E-state index >= 15 is 0 Å². The van der Waals surface area contributed by atoms with Crippen LogP contribution in [-0.4, -0.2) is 36.1 Å². The van der Waals surface area contributed by atoms with E-state index in [9.17, 15) is 9.59 Å². The second-order valence-electron chi connectivity index (χ2n) is 6.44. The fourth-order valence-electron chi connectivity index (χ4n) is 2.92. The van der Waals surface area contributed by atoms with E-state index in [0.717, 1.165) is 16.5 Å². The summed E-state index contributed by atoms with van der Waals surface area (Å²) < 4.78 is 5.13. The molecule has 2 aromatic carbocycles. The summed E-state index contributed by atoms with van der Waals surface area (Å²) in [6.45, 7) is 2.95. The topological polar surface area (TPSA) is 62.4 Å². The van der Waals surface area contributed by atoms with E-state index in [1.165, 1.54) is 0 Å². The normalized spacial score (nSPS) is 10.9. The van der Waals surface area contributed by atoms with Crippen LogP contribution >= 0.6 is 11.6 Å². The van der Waals surface area contributed by atoms with E-state index in [1.807, 2.05) is 31.2 Å². The summed E-state index contributed by atoms with van der Waals surface area (Å²) in [6, 6.07) is 14.4. The maximum Gasteiger partial charge on any atom is 0.254 e. The molecule has 0 atom stereocenters. The molecule has 3 rings (SSSR count). The molecule has 0 spiro atoms. The summed E-state index contributed by atoms with van der Waals surface area (Å²) in [4.78, 5) is 29.9. The molecule has 3 aromatic rings. The van der Waals surface area contributed by atoms with Crippen LogP contribution in [0.4, 0.5) is 0 Å². The molecule has 5 nitrogen and oxygen atoms in total. The minimum atomic E-state index is -0.197. The maximum atomic E-state index is 12.9. The third-order valence-corrected chi connectivity index (χ3v) is 4.63. The number of nitrogens with zero attached hydrogens (tertiary/aromatic N) is 1. The summed E-state index contributed by atoms with van der Waals surface area (Å²) in [6.07, 6.45) is 0. The Balaban J connectivity index is 1.93. The molecule has 0 radical (unpaired) electrons. The molecule has 1 heterocycles. The van der Waals surface area contributed by atoms with Gasteiger partial charge < -0.3 is 14.6 Å². The van der Waals surface area contributed by atoms with Crippen LogP contribution in [-0.2, 0) is 11.3 Å². The number of methoxy groups -OCH3 is 1. The molecule has 0 fully saturated rings. The van der Waals surface area contributed by atoms with Crippen LogP contribution in [0.2, 0.25) is 5.02 Å². The van der Waals surface area contributed by atoms with Gasteiger partial charge >= 0.3 is 0 Å². The molecule has 1 N–H and O–H groups in total. The number of hydrogen-bond donors (Lipinski definition) is 1. The van der Waals surface area contributed by atoms with Crippen molar-refractivity contribution in [1.82, 2.24) is 9.88 Å². The van der Waals surface area contributed by atoms with Crippen LogP contribution in [0.25, 0.3) is 10.9 Å². The SMILES string of the molecule is COCCN(Cc1cc2cc(C)ccc2[nH]c1=O)C(=O)c1ccc(Cl)cc1. The number of pyridine rings is 1. The number of amides is 1. The minimum absolute atomic E-state index is 0.174. The van der Waals surface area contributed by atoms with Crippen LogP contribution < -0.4 is 5.56 Å². The lowest BCUT2D eigenvalue weighted by Crippen LogP contribution is -2.35. The number of benzene rings is 2. The zero-order valence-electron chi connectivity index (χ0n) is 15.3. The first-order chi connectivity index (χ1) is 13.0. The number of H-pyrrole nitrogens is 1. The van der Waals surface area contributed by atoms with Gasteiger partial charge in [0.25, 0.3) is 11.5 Å². The van der Waals surface area contributed by atoms with Crippen molar-refractivity contribution in [3.8, 4) is 0 Å². The Bertz CT molecular complexity index is 1010. The number of carbonyl (C=O) groups excluding carboxylic acids is 1. The number of rotatable bonds is 6. The molecule has 0 aliphatic rings. The van der Waals surface area contributed by atoms with Crippen molar-refractivity contribution < 1.29 is 9.53 Å². The van der Waals surface area contributed by atoms with Crippen molar-refractivity contribution >= 4 is 28.4 Å². The lowest BCUT2D eigenvalue weighted by molar-refractivity contribution is 0.0680. The van der Waals surface area contributed by atoms with Gasteiger partial charge in [-0.2, -0.15) is 0 Å².